The molecule has 2 atom stereocenters. The minimum Gasteiger partial charge on any atom is -0.352 e. The van der Waals surface area contributed by atoms with E-state index in [1.165, 1.54) is 5.56 Å². The highest BCUT2D eigenvalue weighted by Crippen LogP contribution is 2.40. The smallest absolute Gasteiger partial charge is 0.170 e. The van der Waals surface area contributed by atoms with Crippen LogP contribution in [-0.4, -0.2) is 41.1 Å². The quantitative estimate of drug-likeness (QED) is 0.715. The molecule has 1 aliphatic heterocycles. The van der Waals surface area contributed by atoms with E-state index in [2.05, 4.69) is 56.9 Å². The van der Waals surface area contributed by atoms with Crippen LogP contribution >= 0.6 is 12.2 Å². The van der Waals surface area contributed by atoms with Gasteiger partial charge in [0.05, 0.1) is 17.8 Å². The molecule has 0 saturated carbocycles. The highest BCUT2D eigenvalue weighted by molar-refractivity contribution is 7.80. The van der Waals surface area contributed by atoms with Crippen molar-refractivity contribution in [1.29, 1.82) is 0 Å². The van der Waals surface area contributed by atoms with Gasteiger partial charge in [0.1, 0.15) is 12.7 Å². The number of rotatable bonds is 4. The van der Waals surface area contributed by atoms with Gasteiger partial charge >= 0.3 is 0 Å². The van der Waals surface area contributed by atoms with Crippen molar-refractivity contribution in [3.05, 3.63) is 65.8 Å². The van der Waals surface area contributed by atoms with Gasteiger partial charge in [-0.1, -0.05) is 6.07 Å². The summed E-state index contributed by atoms with van der Waals surface area (Å²) in [5, 5.41) is 12.1. The minimum absolute atomic E-state index is 0.0125. The van der Waals surface area contributed by atoms with Crippen LogP contribution in [0, 0.1) is 13.8 Å². The summed E-state index contributed by atoms with van der Waals surface area (Å²) in [5.41, 5.74) is 4.47. The Kier molecular flexibility index (Phi) is 4.20. The van der Waals surface area contributed by atoms with Crippen LogP contribution in [0.5, 0.6) is 0 Å². The van der Waals surface area contributed by atoms with E-state index in [9.17, 15) is 0 Å². The fourth-order valence-corrected chi connectivity index (χ4v) is 4.18. The van der Waals surface area contributed by atoms with Crippen molar-refractivity contribution in [2.24, 2.45) is 0 Å². The Hall–Kier alpha value is -2.74. The van der Waals surface area contributed by atoms with Gasteiger partial charge in [0.2, 0.25) is 0 Å². The predicted molar refractivity (Wildman–Crippen MR) is 103 cm³/mol. The SMILES string of the molecule is CCN1C(=S)N[C@H](c2ccccn2)[C@@H]1c1cc(C)n(-n2cnnc2)c1C. The molecular weight excluding hydrogens is 346 g/mol. The number of hydrogen-bond donors (Lipinski definition) is 1. The van der Waals surface area contributed by atoms with Crippen molar-refractivity contribution in [2.75, 3.05) is 6.54 Å². The normalized spacial score (nSPS) is 19.8. The summed E-state index contributed by atoms with van der Waals surface area (Å²) in [6, 6.07) is 8.30. The number of thiocarbonyl (C=S) groups is 1. The zero-order valence-corrected chi connectivity index (χ0v) is 15.8. The van der Waals surface area contributed by atoms with Crippen LogP contribution in [0.15, 0.2) is 43.1 Å². The monoisotopic (exact) mass is 367 g/mol. The Morgan fingerprint density at radius 1 is 1.19 bits per heavy atom. The number of likely N-dealkylation sites (N-methyl/N-ethyl adjacent to an activating group) is 1. The zero-order chi connectivity index (χ0) is 18.3. The van der Waals surface area contributed by atoms with Crippen LogP contribution in [0.3, 0.4) is 0 Å². The molecule has 3 aromatic rings. The number of pyridine rings is 1. The Bertz CT molecular complexity index is 917. The second-order valence-corrected chi connectivity index (χ2v) is 6.78. The van der Waals surface area contributed by atoms with Gasteiger partial charge in [-0.25, -0.2) is 4.68 Å². The summed E-state index contributed by atoms with van der Waals surface area (Å²) in [5.74, 6) is 0. The van der Waals surface area contributed by atoms with Crippen LogP contribution < -0.4 is 5.32 Å². The van der Waals surface area contributed by atoms with Crippen LogP contribution in [-0.2, 0) is 0 Å². The molecule has 1 N–H and O–H groups in total. The van der Waals surface area contributed by atoms with Crippen LogP contribution in [0.25, 0.3) is 0 Å². The summed E-state index contributed by atoms with van der Waals surface area (Å²) in [4.78, 5) is 6.80. The summed E-state index contributed by atoms with van der Waals surface area (Å²) in [7, 11) is 0. The molecule has 0 aromatic carbocycles. The Labute approximate surface area is 157 Å². The van der Waals surface area contributed by atoms with E-state index >= 15 is 0 Å². The maximum atomic E-state index is 5.61. The van der Waals surface area contributed by atoms with Gasteiger partial charge in [-0.05, 0) is 51.2 Å². The fraction of sp³-hybridized carbons (Fsp3) is 0.333. The molecule has 26 heavy (non-hydrogen) atoms. The van der Waals surface area contributed by atoms with Gasteiger partial charge in [-0.3, -0.25) is 9.66 Å². The van der Waals surface area contributed by atoms with Gasteiger partial charge in [0, 0.05) is 29.7 Å². The van der Waals surface area contributed by atoms with Crippen molar-refractivity contribution in [1.82, 2.24) is 34.8 Å². The van der Waals surface area contributed by atoms with Crippen LogP contribution in [0.4, 0.5) is 0 Å². The molecule has 1 fully saturated rings. The van der Waals surface area contributed by atoms with Crippen LogP contribution in [0.2, 0.25) is 0 Å². The van der Waals surface area contributed by atoms with E-state index in [0.717, 1.165) is 28.7 Å². The second kappa shape index (κ2) is 6.53. The summed E-state index contributed by atoms with van der Waals surface area (Å²) < 4.78 is 4.00. The molecule has 0 unspecified atom stereocenters. The second-order valence-electron chi connectivity index (χ2n) is 6.39. The van der Waals surface area contributed by atoms with E-state index in [1.807, 2.05) is 29.1 Å². The molecule has 7 nitrogen and oxygen atoms in total. The number of aryl methyl sites for hydroxylation is 1. The summed E-state index contributed by atoms with van der Waals surface area (Å²) in [6.07, 6.45) is 5.23. The molecule has 0 bridgehead atoms. The summed E-state index contributed by atoms with van der Waals surface area (Å²) >= 11 is 5.61. The average molecular weight is 367 g/mol. The Morgan fingerprint density at radius 3 is 2.62 bits per heavy atom. The molecule has 4 heterocycles. The number of aromatic nitrogens is 5. The summed E-state index contributed by atoms with van der Waals surface area (Å²) in [6.45, 7) is 7.16. The molecule has 3 aromatic heterocycles. The van der Waals surface area contributed by atoms with Gasteiger partial charge in [0.25, 0.3) is 0 Å². The first-order valence-corrected chi connectivity index (χ1v) is 9.04. The molecule has 0 spiro atoms. The van der Waals surface area contributed by atoms with Gasteiger partial charge in [-0.15, -0.1) is 10.2 Å². The lowest BCUT2D eigenvalue weighted by molar-refractivity contribution is 0.329. The van der Waals surface area contributed by atoms with E-state index in [-0.39, 0.29) is 12.1 Å². The first kappa shape index (κ1) is 16.7. The molecular formula is C18H21N7S. The molecule has 0 radical (unpaired) electrons. The van der Waals surface area contributed by atoms with Gasteiger partial charge in [0.15, 0.2) is 5.11 Å². The number of nitrogens with one attached hydrogen (secondary N) is 1. The van der Waals surface area contributed by atoms with Crippen molar-refractivity contribution < 1.29 is 0 Å². The molecule has 4 rings (SSSR count). The lowest BCUT2D eigenvalue weighted by atomic mass is 9.97. The highest BCUT2D eigenvalue weighted by Gasteiger charge is 2.40. The lowest BCUT2D eigenvalue weighted by Gasteiger charge is -2.27. The third-order valence-corrected chi connectivity index (χ3v) is 5.28. The van der Waals surface area contributed by atoms with Crippen molar-refractivity contribution in [3.63, 3.8) is 0 Å². The standard InChI is InChI=1S/C18H21N7S/c1-4-24-17(16(22-18(24)26)15-7-5-6-8-19-15)14-9-12(2)25(13(14)3)23-10-20-21-11-23/h5-11,16-17H,4H2,1-3H3,(H,22,26)/t16-,17+/m1/s1. The van der Waals surface area contributed by atoms with Crippen molar-refractivity contribution >= 4 is 17.3 Å². The molecule has 134 valence electrons. The van der Waals surface area contributed by atoms with Gasteiger partial charge in [-0.2, -0.15) is 0 Å². The van der Waals surface area contributed by atoms with E-state index < -0.39 is 0 Å². The van der Waals surface area contributed by atoms with E-state index in [4.69, 9.17) is 12.2 Å². The van der Waals surface area contributed by atoms with Gasteiger partial charge < -0.3 is 10.2 Å². The number of nitrogens with zero attached hydrogens (tertiary/aromatic N) is 6. The molecule has 0 aliphatic carbocycles. The first-order chi connectivity index (χ1) is 12.6. The topological polar surface area (TPSA) is 63.8 Å². The fourth-order valence-electron chi connectivity index (χ4n) is 3.82. The predicted octanol–water partition coefficient (Wildman–Crippen LogP) is 2.40. The van der Waals surface area contributed by atoms with E-state index in [0.29, 0.717) is 0 Å². The van der Waals surface area contributed by atoms with Crippen molar-refractivity contribution in [2.45, 2.75) is 32.9 Å². The molecule has 1 saturated heterocycles. The molecule has 1 aliphatic rings. The Balaban J connectivity index is 1.83. The third kappa shape index (κ3) is 2.57. The van der Waals surface area contributed by atoms with Crippen molar-refractivity contribution in [3.8, 4) is 0 Å². The molecule has 0 amide bonds. The van der Waals surface area contributed by atoms with Crippen LogP contribution in [0.1, 0.15) is 41.7 Å². The lowest BCUT2D eigenvalue weighted by Crippen LogP contribution is -2.29. The average Bonchev–Trinajstić information content (AvgIpc) is 3.34. The third-order valence-electron chi connectivity index (χ3n) is 4.93. The maximum absolute atomic E-state index is 5.61. The first-order valence-electron chi connectivity index (χ1n) is 8.64. The highest BCUT2D eigenvalue weighted by atomic mass is 32.1. The number of hydrogen-bond acceptors (Lipinski definition) is 4. The van der Waals surface area contributed by atoms with E-state index in [1.54, 1.807) is 12.7 Å². The minimum atomic E-state index is 0.0125. The maximum Gasteiger partial charge on any atom is 0.170 e. The largest absolute Gasteiger partial charge is 0.352 e. The zero-order valence-electron chi connectivity index (χ0n) is 15.0. The Morgan fingerprint density at radius 2 is 1.96 bits per heavy atom. The molecule has 8 heteroatoms.